The minimum absolute atomic E-state index is 0.779. The topological polar surface area (TPSA) is 41.3 Å². The molecule has 10 atom stereocenters. The maximum atomic E-state index is 5.78. The number of nitrogens with two attached hydrogens (primary N) is 1. The molecule has 4 aliphatic carbocycles. The van der Waals surface area contributed by atoms with Crippen molar-refractivity contribution in [1.82, 2.24) is 10.2 Å². The molecule has 3 N–H and O–H groups in total. The van der Waals surface area contributed by atoms with Gasteiger partial charge in [0.2, 0.25) is 0 Å². The Balaban J connectivity index is 1.11. The molecule has 10 unspecified atom stereocenters. The summed E-state index contributed by atoms with van der Waals surface area (Å²) < 4.78 is 0. The maximum Gasteiger partial charge on any atom is 0.0101 e. The molecule has 3 nitrogen and oxygen atoms in total. The molecule has 3 heteroatoms. The van der Waals surface area contributed by atoms with Crippen molar-refractivity contribution in [1.29, 1.82) is 0 Å². The predicted octanol–water partition coefficient (Wildman–Crippen LogP) is 7.98. The Kier molecular flexibility index (Phi) is 11.2. The summed E-state index contributed by atoms with van der Waals surface area (Å²) in [6.45, 7) is 16.1. The highest BCUT2D eigenvalue weighted by Gasteiger charge is 2.51. The van der Waals surface area contributed by atoms with E-state index >= 15 is 0 Å². The SMILES string of the molecule is CC(C)C1C2CCC(C2)C1CCCCC(NCCCC1CCCN(CCCN)C1)C1C2CCC(C2)C1C(C)C. The number of likely N-dealkylation sites (tertiary alicyclic amines) is 1. The molecule has 0 aromatic rings. The van der Waals surface area contributed by atoms with Gasteiger partial charge in [0, 0.05) is 12.6 Å². The van der Waals surface area contributed by atoms with Gasteiger partial charge in [0.05, 0.1) is 0 Å². The summed E-state index contributed by atoms with van der Waals surface area (Å²) in [6, 6.07) is 0.779. The van der Waals surface area contributed by atoms with Crippen LogP contribution >= 0.6 is 0 Å². The van der Waals surface area contributed by atoms with Crippen LogP contribution in [0.25, 0.3) is 0 Å². The Labute approximate surface area is 243 Å². The van der Waals surface area contributed by atoms with Crippen molar-refractivity contribution in [3.05, 3.63) is 0 Å². The molecule has 0 spiro atoms. The highest BCUT2D eigenvalue weighted by Crippen LogP contribution is 2.57. The average Bonchev–Trinajstić information content (AvgIpc) is 3.72. The quantitative estimate of drug-likeness (QED) is 0.195. The Morgan fingerprint density at radius 3 is 2.18 bits per heavy atom. The molecule has 5 rings (SSSR count). The fraction of sp³-hybridized carbons (Fsp3) is 1.00. The van der Waals surface area contributed by atoms with E-state index < -0.39 is 0 Å². The molecule has 39 heavy (non-hydrogen) atoms. The molecular weight excluding hydrogens is 474 g/mol. The summed E-state index contributed by atoms with van der Waals surface area (Å²) >= 11 is 0. The zero-order valence-electron chi connectivity index (χ0n) is 26.6. The van der Waals surface area contributed by atoms with Crippen molar-refractivity contribution in [2.75, 3.05) is 32.7 Å². The molecule has 5 aliphatic rings. The largest absolute Gasteiger partial charge is 0.330 e. The third kappa shape index (κ3) is 7.27. The van der Waals surface area contributed by atoms with Gasteiger partial charge in [-0.2, -0.15) is 0 Å². The van der Waals surface area contributed by atoms with Crippen LogP contribution in [0.5, 0.6) is 0 Å². The third-order valence-corrected chi connectivity index (χ3v) is 13.0. The normalized spacial score (nSPS) is 39.0. The van der Waals surface area contributed by atoms with Crippen LogP contribution in [-0.4, -0.2) is 43.7 Å². The van der Waals surface area contributed by atoms with Crippen molar-refractivity contribution in [2.24, 2.45) is 70.8 Å². The minimum Gasteiger partial charge on any atom is -0.330 e. The summed E-state index contributed by atoms with van der Waals surface area (Å²) in [5.41, 5.74) is 5.78. The van der Waals surface area contributed by atoms with Crippen molar-refractivity contribution >= 4 is 0 Å². The van der Waals surface area contributed by atoms with Crippen molar-refractivity contribution in [3.8, 4) is 0 Å². The molecule has 1 aliphatic heterocycles. The number of nitrogens with one attached hydrogen (secondary N) is 1. The summed E-state index contributed by atoms with van der Waals surface area (Å²) in [7, 11) is 0. The number of rotatable bonds is 16. The highest BCUT2D eigenvalue weighted by molar-refractivity contribution is 5.02. The minimum atomic E-state index is 0.779. The first-order valence-electron chi connectivity index (χ1n) is 18.1. The predicted molar refractivity (Wildman–Crippen MR) is 168 cm³/mol. The van der Waals surface area contributed by atoms with Gasteiger partial charge in [-0.15, -0.1) is 0 Å². The molecule has 0 aromatic heterocycles. The molecule has 226 valence electrons. The van der Waals surface area contributed by atoms with Crippen molar-refractivity contribution in [3.63, 3.8) is 0 Å². The lowest BCUT2D eigenvalue weighted by Crippen LogP contribution is -2.44. The van der Waals surface area contributed by atoms with Gasteiger partial charge in [-0.1, -0.05) is 40.5 Å². The van der Waals surface area contributed by atoms with E-state index in [4.69, 9.17) is 5.73 Å². The van der Waals surface area contributed by atoms with E-state index in [9.17, 15) is 0 Å². The van der Waals surface area contributed by atoms with Crippen LogP contribution in [0.15, 0.2) is 0 Å². The summed E-state index contributed by atoms with van der Waals surface area (Å²) in [5, 5.41) is 4.27. The van der Waals surface area contributed by atoms with E-state index in [2.05, 4.69) is 37.9 Å². The van der Waals surface area contributed by atoms with Gasteiger partial charge in [0.1, 0.15) is 0 Å². The molecule has 4 saturated carbocycles. The molecule has 4 bridgehead atoms. The van der Waals surface area contributed by atoms with E-state index in [1.165, 1.54) is 90.4 Å². The van der Waals surface area contributed by atoms with Gasteiger partial charge in [-0.3, -0.25) is 0 Å². The molecule has 0 aromatic carbocycles. The van der Waals surface area contributed by atoms with Gasteiger partial charge in [0.15, 0.2) is 0 Å². The number of hydrogen-bond donors (Lipinski definition) is 2. The van der Waals surface area contributed by atoms with Crippen LogP contribution in [0.4, 0.5) is 0 Å². The fourth-order valence-corrected chi connectivity index (χ4v) is 11.6. The lowest BCUT2D eigenvalue weighted by molar-refractivity contribution is 0.116. The average molecular weight is 542 g/mol. The molecule has 0 amide bonds. The first kappa shape index (κ1) is 30.3. The second-order valence-corrected chi connectivity index (χ2v) is 16.0. The summed E-state index contributed by atoms with van der Waals surface area (Å²) in [6.07, 6.45) is 22.0. The van der Waals surface area contributed by atoms with Crippen molar-refractivity contribution in [2.45, 2.75) is 130 Å². The number of fused-ring (bicyclic) bond motifs is 4. The van der Waals surface area contributed by atoms with E-state index in [0.29, 0.717) is 0 Å². The number of hydrogen-bond acceptors (Lipinski definition) is 3. The lowest BCUT2D eigenvalue weighted by atomic mass is 9.69. The smallest absolute Gasteiger partial charge is 0.0101 e. The summed E-state index contributed by atoms with van der Waals surface area (Å²) in [4.78, 5) is 2.69. The molecule has 1 saturated heterocycles. The second kappa shape index (κ2) is 14.4. The second-order valence-electron chi connectivity index (χ2n) is 16.0. The van der Waals surface area contributed by atoms with Crippen LogP contribution in [-0.2, 0) is 0 Å². The standard InChI is InChI=1S/C36H67N3/c1-25(2)34-29-15-14-28(22-29)32(34)12-5-6-13-33(36-31-17-16-30(23-31)35(36)26(3)4)38-19-7-10-27-11-8-20-39(24-27)21-9-18-37/h25-36,38H,5-24,37H2,1-4H3. The monoisotopic (exact) mass is 542 g/mol. The van der Waals surface area contributed by atoms with Crippen molar-refractivity contribution < 1.29 is 0 Å². The zero-order chi connectivity index (χ0) is 27.4. The van der Waals surface area contributed by atoms with Crippen LogP contribution < -0.4 is 11.1 Å². The van der Waals surface area contributed by atoms with Gasteiger partial charge >= 0.3 is 0 Å². The number of unbranched alkanes of at least 4 members (excludes halogenated alkanes) is 1. The van der Waals surface area contributed by atoms with Gasteiger partial charge in [0.25, 0.3) is 0 Å². The number of nitrogens with zero attached hydrogens (tertiary/aromatic N) is 1. The zero-order valence-corrected chi connectivity index (χ0v) is 26.6. The third-order valence-electron chi connectivity index (χ3n) is 13.0. The maximum absolute atomic E-state index is 5.78. The van der Waals surface area contributed by atoms with E-state index in [1.54, 1.807) is 25.7 Å². The van der Waals surface area contributed by atoms with E-state index in [1.807, 2.05) is 0 Å². The van der Waals surface area contributed by atoms with Crippen LogP contribution in [0.2, 0.25) is 0 Å². The fourth-order valence-electron chi connectivity index (χ4n) is 11.6. The summed E-state index contributed by atoms with van der Waals surface area (Å²) in [5.74, 6) is 10.9. The molecule has 5 fully saturated rings. The Bertz CT molecular complexity index is 720. The molecule has 0 radical (unpaired) electrons. The van der Waals surface area contributed by atoms with Crippen LogP contribution in [0.1, 0.15) is 124 Å². The molecule has 1 heterocycles. The van der Waals surface area contributed by atoms with E-state index in [0.717, 1.165) is 84.1 Å². The number of piperidine rings is 1. The lowest BCUT2D eigenvalue weighted by Gasteiger charge is -2.40. The van der Waals surface area contributed by atoms with Crippen LogP contribution in [0, 0.1) is 65.1 Å². The van der Waals surface area contributed by atoms with Gasteiger partial charge in [-0.05, 0) is 175 Å². The first-order valence-corrected chi connectivity index (χ1v) is 18.1. The molecular formula is C36H67N3. The Morgan fingerprint density at radius 2 is 1.44 bits per heavy atom. The van der Waals surface area contributed by atoms with E-state index in [-0.39, 0.29) is 0 Å². The Hall–Kier alpha value is -0.120. The van der Waals surface area contributed by atoms with Gasteiger partial charge < -0.3 is 16.0 Å². The van der Waals surface area contributed by atoms with Gasteiger partial charge in [-0.25, -0.2) is 0 Å². The first-order chi connectivity index (χ1) is 19.0. The Morgan fingerprint density at radius 1 is 0.744 bits per heavy atom. The van der Waals surface area contributed by atoms with Crippen LogP contribution in [0.3, 0.4) is 0 Å². The highest BCUT2D eigenvalue weighted by atomic mass is 15.1.